The predicted octanol–water partition coefficient (Wildman–Crippen LogP) is 3.91. The van der Waals surface area contributed by atoms with Crippen molar-refractivity contribution in [2.45, 2.75) is 13.8 Å². The van der Waals surface area contributed by atoms with E-state index < -0.39 is 5.82 Å². The first-order valence-electron chi connectivity index (χ1n) is 7.78. The van der Waals surface area contributed by atoms with Gasteiger partial charge in [-0.15, -0.1) is 0 Å². The monoisotopic (exact) mass is 334 g/mol. The Hall–Kier alpha value is -3.35. The molecule has 0 aliphatic heterocycles. The number of hydrogen-bond donors (Lipinski definition) is 2. The molecule has 0 aliphatic carbocycles. The van der Waals surface area contributed by atoms with Gasteiger partial charge in [-0.1, -0.05) is 6.07 Å². The maximum Gasteiger partial charge on any atom is 0.182 e. The van der Waals surface area contributed by atoms with Crippen LogP contribution in [-0.4, -0.2) is 24.9 Å². The molecule has 0 radical (unpaired) electrons. The second-order valence-corrected chi connectivity index (χ2v) is 5.74. The minimum Gasteiger partial charge on any atom is -0.346 e. The molecule has 0 spiro atoms. The van der Waals surface area contributed by atoms with Crippen molar-refractivity contribution in [1.29, 1.82) is 0 Å². The van der Waals surface area contributed by atoms with Crippen molar-refractivity contribution < 1.29 is 4.39 Å². The summed E-state index contributed by atoms with van der Waals surface area (Å²) < 4.78 is 14.0. The molecule has 0 unspecified atom stereocenters. The first kappa shape index (κ1) is 15.2. The summed E-state index contributed by atoms with van der Waals surface area (Å²) in [5.74, 6) is 0.542. The average Bonchev–Trinajstić information content (AvgIpc) is 2.98. The molecule has 0 saturated heterocycles. The molecule has 2 N–H and O–H groups in total. The molecule has 0 amide bonds. The number of pyridine rings is 2. The van der Waals surface area contributed by atoms with E-state index in [2.05, 4.69) is 30.2 Å². The van der Waals surface area contributed by atoms with E-state index in [1.54, 1.807) is 6.07 Å². The first-order valence-corrected chi connectivity index (χ1v) is 7.78. The number of fused-ring (bicyclic) bond motifs is 1. The Morgan fingerprint density at radius 3 is 2.76 bits per heavy atom. The van der Waals surface area contributed by atoms with Crippen molar-refractivity contribution in [2.75, 3.05) is 5.32 Å². The molecule has 0 aliphatic rings. The van der Waals surface area contributed by atoms with E-state index in [9.17, 15) is 4.39 Å². The molecule has 25 heavy (non-hydrogen) atoms. The highest BCUT2D eigenvalue weighted by molar-refractivity contribution is 5.93. The van der Waals surface area contributed by atoms with E-state index in [0.717, 1.165) is 22.8 Å². The fraction of sp³-hybridized carbons (Fsp3) is 0.111. The van der Waals surface area contributed by atoms with Gasteiger partial charge in [-0.05, 0) is 37.6 Å². The van der Waals surface area contributed by atoms with E-state index >= 15 is 0 Å². The maximum atomic E-state index is 14.0. The van der Waals surface area contributed by atoms with Gasteiger partial charge < -0.3 is 10.3 Å². The fourth-order valence-electron chi connectivity index (χ4n) is 2.66. The van der Waals surface area contributed by atoms with Crippen LogP contribution >= 0.6 is 0 Å². The van der Waals surface area contributed by atoms with Crippen LogP contribution in [0.2, 0.25) is 0 Å². The second kappa shape index (κ2) is 5.94. The van der Waals surface area contributed by atoms with Gasteiger partial charge >= 0.3 is 0 Å². The van der Waals surface area contributed by atoms with Gasteiger partial charge in [0.25, 0.3) is 0 Å². The SMILES string of the molecule is Cc1cccc(-c2nc(Nc3ccncc3F)c3c(C)c[nH]c3n2)n1. The van der Waals surface area contributed by atoms with Crippen LogP contribution in [0.25, 0.3) is 22.6 Å². The molecule has 4 aromatic rings. The van der Waals surface area contributed by atoms with Crippen molar-refractivity contribution >= 4 is 22.5 Å². The van der Waals surface area contributed by atoms with Gasteiger partial charge in [-0.2, -0.15) is 0 Å². The zero-order valence-electron chi connectivity index (χ0n) is 13.7. The van der Waals surface area contributed by atoms with Crippen LogP contribution in [0.4, 0.5) is 15.9 Å². The van der Waals surface area contributed by atoms with E-state index in [-0.39, 0.29) is 0 Å². The third-order valence-electron chi connectivity index (χ3n) is 3.87. The molecule has 4 aromatic heterocycles. The van der Waals surface area contributed by atoms with Gasteiger partial charge in [0.1, 0.15) is 17.2 Å². The minimum atomic E-state index is -0.447. The number of aromatic nitrogens is 5. The molecule has 0 fully saturated rings. The van der Waals surface area contributed by atoms with Crippen LogP contribution in [-0.2, 0) is 0 Å². The molecular weight excluding hydrogens is 319 g/mol. The van der Waals surface area contributed by atoms with Gasteiger partial charge in [0.2, 0.25) is 0 Å². The van der Waals surface area contributed by atoms with Crippen molar-refractivity contribution in [2.24, 2.45) is 0 Å². The first-order chi connectivity index (χ1) is 12.1. The second-order valence-electron chi connectivity index (χ2n) is 5.74. The highest BCUT2D eigenvalue weighted by Gasteiger charge is 2.15. The lowest BCUT2D eigenvalue weighted by Gasteiger charge is -2.10. The van der Waals surface area contributed by atoms with Crippen LogP contribution in [0.5, 0.6) is 0 Å². The van der Waals surface area contributed by atoms with E-state index in [1.165, 1.54) is 6.20 Å². The Balaban J connectivity index is 1.89. The molecule has 0 aromatic carbocycles. The van der Waals surface area contributed by atoms with Crippen molar-refractivity contribution in [1.82, 2.24) is 24.9 Å². The molecule has 4 heterocycles. The number of aromatic amines is 1. The fourth-order valence-corrected chi connectivity index (χ4v) is 2.66. The molecule has 7 heteroatoms. The molecule has 0 bridgehead atoms. The van der Waals surface area contributed by atoms with Gasteiger partial charge in [0.05, 0.1) is 17.3 Å². The topological polar surface area (TPSA) is 79.4 Å². The average molecular weight is 334 g/mol. The summed E-state index contributed by atoms with van der Waals surface area (Å²) in [6.45, 7) is 3.85. The number of H-pyrrole nitrogens is 1. The van der Waals surface area contributed by atoms with Crippen LogP contribution in [0, 0.1) is 19.7 Å². The molecule has 0 saturated carbocycles. The minimum absolute atomic E-state index is 0.304. The number of nitrogens with one attached hydrogen (secondary N) is 2. The van der Waals surface area contributed by atoms with Crippen LogP contribution in [0.3, 0.4) is 0 Å². The van der Waals surface area contributed by atoms with E-state index in [0.29, 0.717) is 28.7 Å². The third-order valence-corrected chi connectivity index (χ3v) is 3.87. The smallest absolute Gasteiger partial charge is 0.182 e. The summed E-state index contributed by atoms with van der Waals surface area (Å²) in [5.41, 5.74) is 3.48. The van der Waals surface area contributed by atoms with Gasteiger partial charge in [-0.25, -0.2) is 19.3 Å². The normalized spacial score (nSPS) is 11.0. The number of aryl methyl sites for hydroxylation is 2. The Bertz CT molecular complexity index is 1070. The highest BCUT2D eigenvalue weighted by atomic mass is 19.1. The molecule has 6 nitrogen and oxygen atoms in total. The Morgan fingerprint density at radius 1 is 1.08 bits per heavy atom. The van der Waals surface area contributed by atoms with Gasteiger partial charge in [0.15, 0.2) is 11.6 Å². The Labute approximate surface area is 143 Å². The lowest BCUT2D eigenvalue weighted by atomic mass is 10.2. The van der Waals surface area contributed by atoms with Crippen LogP contribution < -0.4 is 5.32 Å². The summed E-state index contributed by atoms with van der Waals surface area (Å²) in [6, 6.07) is 7.23. The van der Waals surface area contributed by atoms with Crippen molar-refractivity contribution in [3.8, 4) is 11.5 Å². The zero-order chi connectivity index (χ0) is 17.4. The van der Waals surface area contributed by atoms with Crippen LogP contribution in [0.15, 0.2) is 42.9 Å². The number of rotatable bonds is 3. The van der Waals surface area contributed by atoms with E-state index in [1.807, 2.05) is 38.2 Å². The summed E-state index contributed by atoms with van der Waals surface area (Å²) >= 11 is 0. The summed E-state index contributed by atoms with van der Waals surface area (Å²) in [5, 5.41) is 3.87. The van der Waals surface area contributed by atoms with Crippen molar-refractivity contribution in [3.63, 3.8) is 0 Å². The van der Waals surface area contributed by atoms with E-state index in [4.69, 9.17) is 0 Å². The van der Waals surface area contributed by atoms with Crippen molar-refractivity contribution in [3.05, 3.63) is 59.9 Å². The molecular formula is C18H15FN6. The lowest BCUT2D eigenvalue weighted by molar-refractivity contribution is 0.625. The molecule has 124 valence electrons. The summed E-state index contributed by atoms with van der Waals surface area (Å²) in [7, 11) is 0. The number of hydrogen-bond acceptors (Lipinski definition) is 5. The highest BCUT2D eigenvalue weighted by Crippen LogP contribution is 2.29. The molecule has 0 atom stereocenters. The quantitative estimate of drug-likeness (QED) is 0.594. The van der Waals surface area contributed by atoms with Crippen LogP contribution in [0.1, 0.15) is 11.3 Å². The molecule has 4 rings (SSSR count). The van der Waals surface area contributed by atoms with Gasteiger partial charge in [-0.3, -0.25) is 4.98 Å². The number of halogens is 1. The Morgan fingerprint density at radius 2 is 1.96 bits per heavy atom. The zero-order valence-corrected chi connectivity index (χ0v) is 13.7. The third kappa shape index (κ3) is 2.80. The largest absolute Gasteiger partial charge is 0.346 e. The number of anilines is 2. The lowest BCUT2D eigenvalue weighted by Crippen LogP contribution is -2.02. The number of nitrogens with zero attached hydrogens (tertiary/aromatic N) is 4. The summed E-state index contributed by atoms with van der Waals surface area (Å²) in [4.78, 5) is 20.5. The summed E-state index contributed by atoms with van der Waals surface area (Å²) in [6.07, 6.45) is 4.53. The predicted molar refractivity (Wildman–Crippen MR) is 94.1 cm³/mol. The van der Waals surface area contributed by atoms with Gasteiger partial charge in [0, 0.05) is 18.1 Å². The standard InChI is InChI=1S/C18H15FN6/c1-10-8-21-17-15(10)18(23-13-6-7-20-9-12(13)19)25-16(24-17)14-5-3-4-11(2)22-14/h3-9H,1-2H3,(H2,20,21,23,24,25). The maximum absolute atomic E-state index is 14.0. The Kier molecular flexibility index (Phi) is 3.61.